The smallest absolute Gasteiger partial charge is 0.395 e. The lowest BCUT2D eigenvalue weighted by Gasteiger charge is -2.16. The number of alkyl halides is 2. The molecule has 1 aromatic carbocycles. The molecule has 3 aliphatic rings. The Morgan fingerprint density at radius 3 is 2.71 bits per heavy atom. The summed E-state index contributed by atoms with van der Waals surface area (Å²) in [5.74, 6) is -0.245. The number of nitrogens with zero attached hydrogens (tertiary/aromatic N) is 2. The highest BCUT2D eigenvalue weighted by Crippen LogP contribution is 2.52. The van der Waals surface area contributed by atoms with Crippen LogP contribution in [0.2, 0.25) is 0 Å². The van der Waals surface area contributed by atoms with E-state index < -0.39 is 11.7 Å². The first kappa shape index (κ1) is 19.5. The molecule has 31 heavy (non-hydrogen) atoms. The number of benzene rings is 1. The molecule has 6 nitrogen and oxygen atoms in total. The number of Topliss-reactive ketones (excluding diaryl/α,β-unsaturated/α-hetero) is 2. The van der Waals surface area contributed by atoms with E-state index in [1.165, 1.54) is 18.3 Å². The van der Waals surface area contributed by atoms with E-state index in [2.05, 4.69) is 19.4 Å². The minimum atomic E-state index is -3.70. The normalized spacial score (nSPS) is 19.8. The topological polar surface area (TPSA) is 78.4 Å². The Labute approximate surface area is 176 Å². The van der Waals surface area contributed by atoms with Gasteiger partial charge in [0.1, 0.15) is 5.78 Å². The second-order valence-electron chi connectivity index (χ2n) is 7.94. The Morgan fingerprint density at radius 2 is 1.97 bits per heavy atom. The van der Waals surface area contributed by atoms with Crippen LogP contribution in [0, 0.1) is 6.92 Å². The number of rotatable bonds is 5. The van der Waals surface area contributed by atoms with Crippen LogP contribution < -0.4 is 9.47 Å². The van der Waals surface area contributed by atoms with E-state index >= 15 is 0 Å². The fraction of sp³-hybridized carbons (Fsp3) is 0.304. The standard InChI is InChI=1S/C23H18F2N2O4/c1-13-21(16-4-2-3-5-17(16)28)27-15(12-26-13)11-20(29)22(8-9-22)14-6-7-18-19(10-14)31-23(24,25)30-18/h2-4,6-7,10,12H,5,8-9,11H2,1H3. The zero-order chi connectivity index (χ0) is 21.8. The Kier molecular flexibility index (Phi) is 4.28. The van der Waals surface area contributed by atoms with Crippen molar-refractivity contribution in [3.8, 4) is 11.5 Å². The van der Waals surface area contributed by atoms with Gasteiger partial charge < -0.3 is 9.47 Å². The summed E-state index contributed by atoms with van der Waals surface area (Å²) >= 11 is 0. The van der Waals surface area contributed by atoms with Crippen LogP contribution in [0.3, 0.4) is 0 Å². The number of ketones is 2. The highest BCUT2D eigenvalue weighted by Gasteiger charge is 2.52. The van der Waals surface area contributed by atoms with Crippen LogP contribution in [0.5, 0.6) is 11.5 Å². The van der Waals surface area contributed by atoms with Gasteiger partial charge in [-0.25, -0.2) is 4.98 Å². The van der Waals surface area contributed by atoms with Crippen LogP contribution in [-0.2, 0) is 21.4 Å². The van der Waals surface area contributed by atoms with E-state index in [9.17, 15) is 18.4 Å². The summed E-state index contributed by atoms with van der Waals surface area (Å²) in [5.41, 5.74) is 1.91. The molecule has 0 N–H and O–H groups in total. The van der Waals surface area contributed by atoms with Gasteiger partial charge in [0.2, 0.25) is 0 Å². The predicted octanol–water partition coefficient (Wildman–Crippen LogP) is 3.86. The number of aromatic nitrogens is 2. The van der Waals surface area contributed by atoms with E-state index in [4.69, 9.17) is 0 Å². The van der Waals surface area contributed by atoms with Crippen molar-refractivity contribution >= 4 is 17.1 Å². The fourth-order valence-electron chi connectivity index (χ4n) is 4.01. The summed E-state index contributed by atoms with van der Waals surface area (Å²) in [4.78, 5) is 34.3. The Morgan fingerprint density at radius 1 is 1.19 bits per heavy atom. The van der Waals surface area contributed by atoms with Crippen LogP contribution in [0.4, 0.5) is 8.78 Å². The Hall–Kier alpha value is -3.42. The highest BCUT2D eigenvalue weighted by molar-refractivity contribution is 6.22. The lowest BCUT2D eigenvalue weighted by molar-refractivity contribution is -0.286. The molecule has 0 saturated heterocycles. The monoisotopic (exact) mass is 424 g/mol. The van der Waals surface area contributed by atoms with Gasteiger partial charge in [-0.2, -0.15) is 0 Å². The van der Waals surface area contributed by atoms with Gasteiger partial charge in [-0.05, 0) is 43.5 Å². The summed E-state index contributed by atoms with van der Waals surface area (Å²) in [7, 11) is 0. The van der Waals surface area contributed by atoms with Crippen LogP contribution >= 0.6 is 0 Å². The number of hydrogen-bond acceptors (Lipinski definition) is 6. The predicted molar refractivity (Wildman–Crippen MR) is 106 cm³/mol. The molecule has 0 bridgehead atoms. The lowest BCUT2D eigenvalue weighted by atomic mass is 9.88. The summed E-state index contributed by atoms with van der Waals surface area (Å²) in [6, 6.07) is 4.47. The molecule has 1 saturated carbocycles. The van der Waals surface area contributed by atoms with E-state index in [0.29, 0.717) is 47.5 Å². The number of hydrogen-bond donors (Lipinski definition) is 0. The van der Waals surface area contributed by atoms with Gasteiger partial charge in [-0.15, -0.1) is 8.78 Å². The zero-order valence-corrected chi connectivity index (χ0v) is 16.7. The molecule has 0 unspecified atom stereocenters. The SMILES string of the molecule is Cc1ncc(CC(=O)C2(c3ccc4c(c3)OC(F)(F)O4)CC2)nc1C1=CC=CCC1=O. The molecular weight excluding hydrogens is 406 g/mol. The van der Waals surface area contributed by atoms with E-state index in [-0.39, 0.29) is 29.5 Å². The second kappa shape index (κ2) is 6.80. The number of allylic oxidation sites excluding steroid dienone is 4. The van der Waals surface area contributed by atoms with Gasteiger partial charge in [-0.1, -0.05) is 18.2 Å². The molecule has 1 aliphatic heterocycles. The number of carbonyl (C=O) groups is 2. The van der Waals surface area contributed by atoms with Gasteiger partial charge in [0.25, 0.3) is 0 Å². The first-order valence-corrected chi connectivity index (χ1v) is 9.94. The first-order chi connectivity index (χ1) is 14.8. The van der Waals surface area contributed by atoms with Gasteiger partial charge >= 0.3 is 6.29 Å². The van der Waals surface area contributed by atoms with Crippen molar-refractivity contribution in [3.05, 3.63) is 65.3 Å². The molecule has 0 amide bonds. The van der Waals surface area contributed by atoms with Crippen molar-refractivity contribution < 1.29 is 27.8 Å². The molecule has 8 heteroatoms. The summed E-state index contributed by atoms with van der Waals surface area (Å²) in [6.07, 6.45) is 4.69. The van der Waals surface area contributed by atoms with E-state index in [1.807, 2.05) is 0 Å². The number of ether oxygens (including phenoxy) is 2. The molecule has 5 rings (SSSR count). The van der Waals surface area contributed by atoms with E-state index in [0.717, 1.165) is 0 Å². The molecule has 0 atom stereocenters. The number of fused-ring (bicyclic) bond motifs is 1. The van der Waals surface area contributed by atoms with Crippen molar-refractivity contribution in [2.75, 3.05) is 0 Å². The zero-order valence-electron chi connectivity index (χ0n) is 16.7. The lowest BCUT2D eigenvalue weighted by Crippen LogP contribution is -2.26. The molecule has 0 spiro atoms. The van der Waals surface area contributed by atoms with Crippen LogP contribution in [0.15, 0.2) is 42.6 Å². The molecule has 2 heterocycles. The van der Waals surface area contributed by atoms with Crippen molar-refractivity contribution in [2.24, 2.45) is 0 Å². The maximum absolute atomic E-state index is 13.3. The highest BCUT2D eigenvalue weighted by atomic mass is 19.3. The van der Waals surface area contributed by atoms with Gasteiger partial charge in [0, 0.05) is 18.2 Å². The van der Waals surface area contributed by atoms with Crippen molar-refractivity contribution in [1.29, 1.82) is 0 Å². The average molecular weight is 424 g/mol. The summed E-state index contributed by atoms with van der Waals surface area (Å²) in [5, 5.41) is 0. The molecule has 2 aromatic rings. The number of aryl methyl sites for hydroxylation is 1. The molecule has 158 valence electrons. The molecule has 0 radical (unpaired) electrons. The van der Waals surface area contributed by atoms with Gasteiger partial charge in [0.05, 0.1) is 28.9 Å². The van der Waals surface area contributed by atoms with Gasteiger partial charge in [-0.3, -0.25) is 14.6 Å². The third kappa shape index (κ3) is 3.41. The second-order valence-corrected chi connectivity index (χ2v) is 7.94. The maximum atomic E-state index is 13.3. The molecule has 1 aromatic heterocycles. The molecule has 2 aliphatic carbocycles. The molecule has 1 fully saturated rings. The van der Waals surface area contributed by atoms with Crippen molar-refractivity contribution in [3.63, 3.8) is 0 Å². The third-order valence-corrected chi connectivity index (χ3v) is 5.84. The summed E-state index contributed by atoms with van der Waals surface area (Å²) < 4.78 is 35.6. The number of halogens is 2. The van der Waals surface area contributed by atoms with Crippen LogP contribution in [0.1, 0.15) is 41.9 Å². The fourth-order valence-corrected chi connectivity index (χ4v) is 4.01. The Balaban J connectivity index is 1.40. The van der Waals surface area contributed by atoms with E-state index in [1.54, 1.807) is 31.2 Å². The quantitative estimate of drug-likeness (QED) is 0.725. The largest absolute Gasteiger partial charge is 0.586 e. The minimum Gasteiger partial charge on any atom is -0.395 e. The van der Waals surface area contributed by atoms with Crippen molar-refractivity contribution in [2.45, 2.75) is 44.3 Å². The maximum Gasteiger partial charge on any atom is 0.586 e. The van der Waals surface area contributed by atoms with Gasteiger partial charge in [0.15, 0.2) is 17.3 Å². The first-order valence-electron chi connectivity index (χ1n) is 9.94. The van der Waals surface area contributed by atoms with Crippen LogP contribution in [-0.4, -0.2) is 27.8 Å². The number of carbonyl (C=O) groups excluding carboxylic acids is 2. The third-order valence-electron chi connectivity index (χ3n) is 5.84. The van der Waals surface area contributed by atoms with Crippen LogP contribution in [0.25, 0.3) is 5.57 Å². The Bertz CT molecular complexity index is 1180. The minimum absolute atomic E-state index is 0.0300. The molecular formula is C23H18F2N2O4. The average Bonchev–Trinajstić information content (AvgIpc) is 3.47. The summed E-state index contributed by atoms with van der Waals surface area (Å²) in [6.45, 7) is 1.77. The van der Waals surface area contributed by atoms with Crippen molar-refractivity contribution in [1.82, 2.24) is 9.97 Å².